The van der Waals surface area contributed by atoms with Crippen molar-refractivity contribution in [3.05, 3.63) is 18.0 Å². The third kappa shape index (κ3) is 2.89. The summed E-state index contributed by atoms with van der Waals surface area (Å²) in [5.41, 5.74) is 1.31. The number of nitrogens with zero attached hydrogens (tertiary/aromatic N) is 2. The van der Waals surface area contributed by atoms with Crippen LogP contribution in [0, 0.1) is 11.8 Å². The van der Waals surface area contributed by atoms with Gasteiger partial charge in [-0.1, -0.05) is 20.3 Å². The fourth-order valence-corrected chi connectivity index (χ4v) is 3.14. The van der Waals surface area contributed by atoms with Gasteiger partial charge in [0.05, 0.1) is 0 Å². The van der Waals surface area contributed by atoms with Crippen LogP contribution < -0.4 is 5.32 Å². The Kier molecular flexibility index (Phi) is 4.21. The van der Waals surface area contributed by atoms with Gasteiger partial charge in [-0.2, -0.15) is 5.10 Å². The van der Waals surface area contributed by atoms with E-state index >= 15 is 0 Å². The summed E-state index contributed by atoms with van der Waals surface area (Å²) in [6.45, 7) is 5.80. The van der Waals surface area contributed by atoms with Crippen molar-refractivity contribution in [3.63, 3.8) is 0 Å². The second kappa shape index (κ2) is 5.67. The van der Waals surface area contributed by atoms with Gasteiger partial charge in [0.15, 0.2) is 0 Å². The molecule has 0 saturated heterocycles. The van der Waals surface area contributed by atoms with Crippen molar-refractivity contribution < 1.29 is 0 Å². The van der Waals surface area contributed by atoms with Crippen molar-refractivity contribution in [2.45, 2.75) is 45.6 Å². The Morgan fingerprint density at radius 1 is 1.47 bits per heavy atom. The van der Waals surface area contributed by atoms with Crippen LogP contribution in [0.4, 0.5) is 0 Å². The molecule has 3 atom stereocenters. The summed E-state index contributed by atoms with van der Waals surface area (Å²) in [6, 6.07) is 2.84. The highest BCUT2D eigenvalue weighted by atomic mass is 15.3. The molecule has 2 rings (SSSR count). The Hall–Kier alpha value is -0.830. The first-order valence-electron chi connectivity index (χ1n) is 6.92. The molecule has 1 aliphatic rings. The number of hydrogen-bond acceptors (Lipinski definition) is 2. The summed E-state index contributed by atoms with van der Waals surface area (Å²) >= 11 is 0. The van der Waals surface area contributed by atoms with Gasteiger partial charge in [0.1, 0.15) is 0 Å². The first kappa shape index (κ1) is 12.6. The van der Waals surface area contributed by atoms with Crippen LogP contribution in [0.3, 0.4) is 0 Å². The average molecular weight is 235 g/mol. The highest BCUT2D eigenvalue weighted by molar-refractivity contribution is 5.00. The fraction of sp³-hybridized carbons (Fsp3) is 0.786. The minimum atomic E-state index is 0.730. The van der Waals surface area contributed by atoms with Crippen LogP contribution in [0.2, 0.25) is 0 Å². The predicted octanol–water partition coefficient (Wildman–Crippen LogP) is 2.38. The van der Waals surface area contributed by atoms with E-state index in [1.54, 1.807) is 0 Å². The normalized spacial score (nSPS) is 28.8. The number of hydrogen-bond donors (Lipinski definition) is 1. The van der Waals surface area contributed by atoms with Crippen LogP contribution in [-0.4, -0.2) is 22.4 Å². The zero-order chi connectivity index (χ0) is 12.3. The molecule has 3 unspecified atom stereocenters. The van der Waals surface area contributed by atoms with Crippen molar-refractivity contribution in [2.24, 2.45) is 18.9 Å². The lowest BCUT2D eigenvalue weighted by molar-refractivity contribution is 0.346. The zero-order valence-electron chi connectivity index (χ0n) is 11.3. The van der Waals surface area contributed by atoms with Gasteiger partial charge >= 0.3 is 0 Å². The predicted molar refractivity (Wildman–Crippen MR) is 70.9 cm³/mol. The highest BCUT2D eigenvalue weighted by Crippen LogP contribution is 2.33. The van der Waals surface area contributed by atoms with Crippen LogP contribution in [-0.2, 0) is 13.5 Å². The molecular formula is C14H25N3. The van der Waals surface area contributed by atoms with E-state index < -0.39 is 0 Å². The summed E-state index contributed by atoms with van der Waals surface area (Å²) < 4.78 is 1.97. The van der Waals surface area contributed by atoms with Crippen LogP contribution in [0.1, 0.15) is 38.8 Å². The number of rotatable bonds is 5. The second-order valence-corrected chi connectivity index (χ2v) is 5.36. The molecule has 3 nitrogen and oxygen atoms in total. The quantitative estimate of drug-likeness (QED) is 0.849. The molecule has 0 bridgehead atoms. The Labute approximate surface area is 105 Å². The van der Waals surface area contributed by atoms with Gasteiger partial charge in [0.25, 0.3) is 0 Å². The fourth-order valence-electron chi connectivity index (χ4n) is 3.14. The molecule has 1 aromatic rings. The summed E-state index contributed by atoms with van der Waals surface area (Å²) in [7, 11) is 2.01. The van der Waals surface area contributed by atoms with Gasteiger partial charge in [0, 0.05) is 37.9 Å². The first-order chi connectivity index (χ1) is 8.22. The molecule has 3 heteroatoms. The lowest BCUT2D eigenvalue weighted by atomic mass is 9.93. The lowest BCUT2D eigenvalue weighted by Crippen LogP contribution is -2.34. The number of aryl methyl sites for hydroxylation is 1. The summed E-state index contributed by atoms with van der Waals surface area (Å²) in [5, 5.41) is 7.92. The Bertz CT molecular complexity index is 345. The van der Waals surface area contributed by atoms with Gasteiger partial charge in [-0.25, -0.2) is 0 Å². The molecule has 0 aliphatic heterocycles. The maximum absolute atomic E-state index is 4.20. The summed E-state index contributed by atoms with van der Waals surface area (Å²) in [5.74, 6) is 1.77. The molecule has 0 radical (unpaired) electrons. The minimum Gasteiger partial charge on any atom is -0.313 e. The second-order valence-electron chi connectivity index (χ2n) is 5.36. The van der Waals surface area contributed by atoms with E-state index in [0.29, 0.717) is 0 Å². The Morgan fingerprint density at radius 2 is 2.29 bits per heavy atom. The molecule has 96 valence electrons. The Morgan fingerprint density at radius 3 is 2.88 bits per heavy atom. The highest BCUT2D eigenvalue weighted by Gasteiger charge is 2.30. The number of aromatic nitrogens is 2. The van der Waals surface area contributed by atoms with Gasteiger partial charge in [-0.3, -0.25) is 4.68 Å². The van der Waals surface area contributed by atoms with Crippen molar-refractivity contribution in [1.82, 2.24) is 15.1 Å². The molecule has 1 aliphatic carbocycles. The number of nitrogens with one attached hydrogen (secondary N) is 1. The van der Waals surface area contributed by atoms with Crippen LogP contribution in [0.5, 0.6) is 0 Å². The molecule has 1 aromatic heterocycles. The molecule has 0 spiro atoms. The summed E-state index contributed by atoms with van der Waals surface area (Å²) in [4.78, 5) is 0. The van der Waals surface area contributed by atoms with Crippen LogP contribution >= 0.6 is 0 Å². The van der Waals surface area contributed by atoms with Gasteiger partial charge < -0.3 is 5.32 Å². The SMILES string of the molecule is CCC1CCC(NCCc2ccnn2C)C1C. The van der Waals surface area contributed by atoms with E-state index in [4.69, 9.17) is 0 Å². The van der Waals surface area contributed by atoms with Crippen molar-refractivity contribution in [1.29, 1.82) is 0 Å². The van der Waals surface area contributed by atoms with E-state index in [9.17, 15) is 0 Å². The van der Waals surface area contributed by atoms with E-state index in [-0.39, 0.29) is 0 Å². The average Bonchev–Trinajstić information content (AvgIpc) is 2.87. The van der Waals surface area contributed by atoms with Crippen LogP contribution in [0.25, 0.3) is 0 Å². The maximum Gasteiger partial charge on any atom is 0.0492 e. The summed E-state index contributed by atoms with van der Waals surface area (Å²) in [6.07, 6.45) is 7.05. The molecular weight excluding hydrogens is 210 g/mol. The standard InChI is InChI=1S/C14H25N3/c1-4-12-5-6-14(11(12)2)15-9-7-13-8-10-16-17(13)3/h8,10-12,14-15H,4-7,9H2,1-3H3. The zero-order valence-corrected chi connectivity index (χ0v) is 11.3. The van der Waals surface area contributed by atoms with E-state index in [0.717, 1.165) is 30.8 Å². The van der Waals surface area contributed by atoms with Crippen molar-refractivity contribution in [2.75, 3.05) is 6.54 Å². The third-order valence-electron chi connectivity index (χ3n) is 4.46. The third-order valence-corrected chi connectivity index (χ3v) is 4.46. The van der Waals surface area contributed by atoms with E-state index in [1.165, 1.54) is 25.0 Å². The van der Waals surface area contributed by atoms with Crippen molar-refractivity contribution in [3.8, 4) is 0 Å². The molecule has 1 heterocycles. The van der Waals surface area contributed by atoms with Crippen LogP contribution in [0.15, 0.2) is 12.3 Å². The molecule has 1 N–H and O–H groups in total. The largest absolute Gasteiger partial charge is 0.313 e. The maximum atomic E-state index is 4.20. The molecule has 0 aromatic carbocycles. The van der Waals surface area contributed by atoms with E-state index in [1.807, 2.05) is 17.9 Å². The van der Waals surface area contributed by atoms with Gasteiger partial charge in [-0.15, -0.1) is 0 Å². The first-order valence-corrected chi connectivity index (χ1v) is 6.92. The topological polar surface area (TPSA) is 29.9 Å². The molecule has 17 heavy (non-hydrogen) atoms. The molecule has 1 fully saturated rings. The van der Waals surface area contributed by atoms with E-state index in [2.05, 4.69) is 30.3 Å². The minimum absolute atomic E-state index is 0.730. The molecule has 0 amide bonds. The molecule has 1 saturated carbocycles. The van der Waals surface area contributed by atoms with Gasteiger partial charge in [-0.05, 0) is 30.7 Å². The van der Waals surface area contributed by atoms with Crippen molar-refractivity contribution >= 4 is 0 Å². The smallest absolute Gasteiger partial charge is 0.0492 e. The monoisotopic (exact) mass is 235 g/mol. The van der Waals surface area contributed by atoms with Gasteiger partial charge in [0.2, 0.25) is 0 Å². The lowest BCUT2D eigenvalue weighted by Gasteiger charge is -2.21. The Balaban J connectivity index is 1.74.